The first-order valence-electron chi connectivity index (χ1n) is 6.33. The third-order valence-corrected chi connectivity index (χ3v) is 2.79. The SMILES string of the molecule is CCCc1ccc(NC(=O)c2ccc(C(=O)O)o2)cc1. The van der Waals surface area contributed by atoms with Crippen molar-refractivity contribution < 1.29 is 19.1 Å². The summed E-state index contributed by atoms with van der Waals surface area (Å²) in [6.45, 7) is 2.10. The van der Waals surface area contributed by atoms with E-state index in [1.807, 2.05) is 24.3 Å². The summed E-state index contributed by atoms with van der Waals surface area (Å²) in [5, 5.41) is 11.4. The highest BCUT2D eigenvalue weighted by Crippen LogP contribution is 2.14. The normalized spacial score (nSPS) is 10.2. The molecular formula is C15H15NO4. The molecule has 0 atom stereocenters. The fourth-order valence-corrected chi connectivity index (χ4v) is 1.81. The fraction of sp³-hybridized carbons (Fsp3) is 0.200. The standard InChI is InChI=1S/C15H15NO4/c1-2-3-10-4-6-11(7-5-10)16-14(17)12-8-9-13(20-12)15(18)19/h4-9H,2-3H2,1H3,(H,16,17)(H,18,19). The van der Waals surface area contributed by atoms with E-state index >= 15 is 0 Å². The molecule has 20 heavy (non-hydrogen) atoms. The zero-order chi connectivity index (χ0) is 14.5. The van der Waals surface area contributed by atoms with E-state index in [1.165, 1.54) is 17.7 Å². The lowest BCUT2D eigenvalue weighted by Crippen LogP contribution is -2.10. The second-order valence-electron chi connectivity index (χ2n) is 4.37. The van der Waals surface area contributed by atoms with Gasteiger partial charge in [-0.25, -0.2) is 4.79 Å². The number of amides is 1. The topological polar surface area (TPSA) is 79.5 Å². The maximum absolute atomic E-state index is 11.9. The van der Waals surface area contributed by atoms with Crippen LogP contribution >= 0.6 is 0 Å². The Hall–Kier alpha value is -2.56. The number of benzene rings is 1. The van der Waals surface area contributed by atoms with Crippen molar-refractivity contribution in [3.63, 3.8) is 0 Å². The van der Waals surface area contributed by atoms with Crippen molar-refractivity contribution >= 4 is 17.6 Å². The molecule has 0 radical (unpaired) electrons. The zero-order valence-electron chi connectivity index (χ0n) is 11.1. The number of carbonyl (C=O) groups is 2. The molecule has 0 aliphatic rings. The maximum atomic E-state index is 11.9. The first-order chi connectivity index (χ1) is 9.60. The minimum Gasteiger partial charge on any atom is -0.475 e. The third kappa shape index (κ3) is 3.26. The van der Waals surface area contributed by atoms with Gasteiger partial charge in [-0.15, -0.1) is 0 Å². The summed E-state index contributed by atoms with van der Waals surface area (Å²) in [5.41, 5.74) is 1.85. The minimum absolute atomic E-state index is 0.0277. The van der Waals surface area contributed by atoms with Gasteiger partial charge >= 0.3 is 5.97 Å². The van der Waals surface area contributed by atoms with Gasteiger partial charge < -0.3 is 14.8 Å². The Morgan fingerprint density at radius 1 is 1.10 bits per heavy atom. The first-order valence-corrected chi connectivity index (χ1v) is 6.33. The lowest BCUT2D eigenvalue weighted by Gasteiger charge is -2.04. The van der Waals surface area contributed by atoms with Crippen LogP contribution in [0.1, 0.15) is 40.0 Å². The Morgan fingerprint density at radius 2 is 1.75 bits per heavy atom. The lowest BCUT2D eigenvalue weighted by atomic mass is 10.1. The van der Waals surface area contributed by atoms with Crippen molar-refractivity contribution in [2.45, 2.75) is 19.8 Å². The monoisotopic (exact) mass is 273 g/mol. The van der Waals surface area contributed by atoms with E-state index in [9.17, 15) is 9.59 Å². The number of hydrogen-bond donors (Lipinski definition) is 2. The summed E-state index contributed by atoms with van der Waals surface area (Å²) in [7, 11) is 0. The van der Waals surface area contributed by atoms with Crippen LogP contribution in [-0.2, 0) is 6.42 Å². The van der Waals surface area contributed by atoms with Crippen molar-refractivity contribution in [3.8, 4) is 0 Å². The third-order valence-electron chi connectivity index (χ3n) is 2.79. The minimum atomic E-state index is -1.20. The van der Waals surface area contributed by atoms with Crippen LogP contribution in [0.3, 0.4) is 0 Å². The largest absolute Gasteiger partial charge is 0.475 e. The molecule has 0 unspecified atom stereocenters. The molecule has 2 rings (SSSR count). The van der Waals surface area contributed by atoms with Crippen molar-refractivity contribution in [3.05, 3.63) is 53.5 Å². The fourth-order valence-electron chi connectivity index (χ4n) is 1.81. The van der Waals surface area contributed by atoms with E-state index in [0.717, 1.165) is 12.8 Å². The second kappa shape index (κ2) is 6.06. The van der Waals surface area contributed by atoms with Crippen molar-refractivity contribution in [2.24, 2.45) is 0 Å². The maximum Gasteiger partial charge on any atom is 0.371 e. The average molecular weight is 273 g/mol. The number of carboxylic acids is 1. The van der Waals surface area contributed by atoms with Gasteiger partial charge in [-0.3, -0.25) is 4.79 Å². The molecule has 0 aliphatic heterocycles. The number of carbonyl (C=O) groups excluding carboxylic acids is 1. The van der Waals surface area contributed by atoms with E-state index in [4.69, 9.17) is 9.52 Å². The van der Waals surface area contributed by atoms with Crippen molar-refractivity contribution in [1.29, 1.82) is 0 Å². The summed E-state index contributed by atoms with van der Waals surface area (Å²) in [6.07, 6.45) is 2.06. The number of rotatable bonds is 5. The quantitative estimate of drug-likeness (QED) is 0.876. The number of carboxylic acid groups (broad SMARTS) is 1. The van der Waals surface area contributed by atoms with E-state index in [1.54, 1.807) is 0 Å². The van der Waals surface area contributed by atoms with Gasteiger partial charge in [0.25, 0.3) is 5.91 Å². The van der Waals surface area contributed by atoms with E-state index in [2.05, 4.69) is 12.2 Å². The van der Waals surface area contributed by atoms with Gasteiger partial charge in [0, 0.05) is 5.69 Å². The predicted molar refractivity (Wildman–Crippen MR) is 74.1 cm³/mol. The van der Waals surface area contributed by atoms with Crippen LogP contribution in [0, 0.1) is 0 Å². The molecule has 104 valence electrons. The van der Waals surface area contributed by atoms with E-state index in [0.29, 0.717) is 5.69 Å². The number of hydrogen-bond acceptors (Lipinski definition) is 3. The molecular weight excluding hydrogens is 258 g/mol. The molecule has 2 aromatic rings. The van der Waals surface area contributed by atoms with Gasteiger partial charge in [0.1, 0.15) is 0 Å². The molecule has 0 aliphatic carbocycles. The molecule has 5 nitrogen and oxygen atoms in total. The molecule has 2 N–H and O–H groups in total. The van der Waals surface area contributed by atoms with E-state index in [-0.39, 0.29) is 11.5 Å². The number of aromatic carboxylic acids is 1. The molecule has 0 saturated carbocycles. The Bertz CT molecular complexity index is 613. The highest BCUT2D eigenvalue weighted by atomic mass is 16.4. The van der Waals surface area contributed by atoms with Crippen LogP contribution in [0.25, 0.3) is 0 Å². The molecule has 1 aromatic carbocycles. The van der Waals surface area contributed by atoms with Crippen molar-refractivity contribution in [1.82, 2.24) is 0 Å². The van der Waals surface area contributed by atoms with Crippen LogP contribution in [0.15, 0.2) is 40.8 Å². The molecule has 0 saturated heterocycles. The van der Waals surface area contributed by atoms with Crippen molar-refractivity contribution in [2.75, 3.05) is 5.32 Å². The van der Waals surface area contributed by atoms with Gasteiger partial charge in [0.05, 0.1) is 0 Å². The van der Waals surface area contributed by atoms with Gasteiger partial charge in [0.2, 0.25) is 5.76 Å². The summed E-state index contributed by atoms with van der Waals surface area (Å²) in [4.78, 5) is 22.5. The summed E-state index contributed by atoms with van der Waals surface area (Å²) >= 11 is 0. The second-order valence-corrected chi connectivity index (χ2v) is 4.37. The van der Waals surface area contributed by atoms with Crippen LogP contribution < -0.4 is 5.32 Å². The molecule has 0 spiro atoms. The first kappa shape index (κ1) is 13.9. The zero-order valence-corrected chi connectivity index (χ0v) is 11.1. The molecule has 1 aromatic heterocycles. The highest BCUT2D eigenvalue weighted by Gasteiger charge is 2.14. The van der Waals surface area contributed by atoms with Crippen LogP contribution in [0.4, 0.5) is 5.69 Å². The molecule has 0 fully saturated rings. The number of aryl methyl sites for hydroxylation is 1. The van der Waals surface area contributed by atoms with Crippen LogP contribution in [0.5, 0.6) is 0 Å². The van der Waals surface area contributed by atoms with E-state index < -0.39 is 11.9 Å². The number of anilines is 1. The van der Waals surface area contributed by atoms with Gasteiger partial charge in [-0.1, -0.05) is 25.5 Å². The summed E-state index contributed by atoms with van der Waals surface area (Å²) in [6, 6.07) is 10.1. The number of furan rings is 1. The Balaban J connectivity index is 2.04. The Kier molecular flexibility index (Phi) is 4.20. The van der Waals surface area contributed by atoms with Crippen LogP contribution in [-0.4, -0.2) is 17.0 Å². The average Bonchev–Trinajstić information content (AvgIpc) is 2.91. The highest BCUT2D eigenvalue weighted by molar-refractivity contribution is 6.02. The molecule has 1 heterocycles. The Morgan fingerprint density at radius 3 is 2.30 bits per heavy atom. The van der Waals surface area contributed by atoms with Gasteiger partial charge in [-0.2, -0.15) is 0 Å². The predicted octanol–water partition coefficient (Wildman–Crippen LogP) is 3.18. The van der Waals surface area contributed by atoms with Gasteiger partial charge in [0.15, 0.2) is 5.76 Å². The molecule has 0 bridgehead atoms. The van der Waals surface area contributed by atoms with Crippen LogP contribution in [0.2, 0.25) is 0 Å². The van der Waals surface area contributed by atoms with Gasteiger partial charge in [-0.05, 0) is 36.2 Å². The summed E-state index contributed by atoms with van der Waals surface area (Å²) in [5.74, 6) is -1.96. The molecule has 5 heteroatoms. The summed E-state index contributed by atoms with van der Waals surface area (Å²) < 4.78 is 4.93. The Labute approximate surface area is 116 Å². The number of nitrogens with one attached hydrogen (secondary N) is 1. The smallest absolute Gasteiger partial charge is 0.371 e. The lowest BCUT2D eigenvalue weighted by molar-refractivity contribution is 0.0660. The molecule has 1 amide bonds.